The first-order valence-electron chi connectivity index (χ1n) is 10.4. The molecule has 1 atom stereocenters. The lowest BCUT2D eigenvalue weighted by atomic mass is 9.95. The summed E-state index contributed by atoms with van der Waals surface area (Å²) in [6.45, 7) is 4.38. The maximum atomic E-state index is 13.0. The fraction of sp³-hybridized carbons (Fsp3) is 0.455. The van der Waals surface area contributed by atoms with Crippen molar-refractivity contribution < 1.29 is 4.79 Å². The molecule has 1 aromatic carbocycles. The van der Waals surface area contributed by atoms with Crippen LogP contribution in [0.25, 0.3) is 11.2 Å². The third-order valence-electron chi connectivity index (χ3n) is 5.85. The van der Waals surface area contributed by atoms with Crippen LogP contribution in [0, 0.1) is 5.92 Å². The van der Waals surface area contributed by atoms with Gasteiger partial charge in [-0.15, -0.1) is 0 Å². The molecule has 1 aliphatic carbocycles. The Bertz CT molecular complexity index is 1100. The molecule has 3 aromatic rings. The highest BCUT2D eigenvalue weighted by Crippen LogP contribution is 2.38. The quantitative estimate of drug-likeness (QED) is 0.530. The molecule has 2 heterocycles. The van der Waals surface area contributed by atoms with Gasteiger partial charge >= 0.3 is 0 Å². The zero-order valence-corrected chi connectivity index (χ0v) is 18.2. The molecule has 0 radical (unpaired) electrons. The van der Waals surface area contributed by atoms with E-state index in [9.17, 15) is 9.59 Å². The number of aromatic amines is 1. The zero-order valence-electron chi connectivity index (χ0n) is 17.3. The predicted octanol–water partition coefficient (Wildman–Crippen LogP) is 3.01. The minimum absolute atomic E-state index is 0.106. The normalized spacial score (nSPS) is 16.8. The number of H-pyrrole nitrogens is 1. The number of fused-ring (bicyclic) bond motifs is 1. The summed E-state index contributed by atoms with van der Waals surface area (Å²) < 4.78 is 1.57. The van der Waals surface area contributed by atoms with Gasteiger partial charge in [0, 0.05) is 0 Å². The third-order valence-corrected chi connectivity index (χ3v) is 6.68. The summed E-state index contributed by atoms with van der Waals surface area (Å²) in [6.07, 6.45) is 5.05. The lowest BCUT2D eigenvalue weighted by Gasteiger charge is -2.30. The number of nitrogens with one attached hydrogen (secondary N) is 2. The van der Waals surface area contributed by atoms with Crippen molar-refractivity contribution in [1.82, 2.24) is 24.8 Å². The van der Waals surface area contributed by atoms with Crippen LogP contribution in [0.5, 0.6) is 0 Å². The highest BCUT2D eigenvalue weighted by molar-refractivity contribution is 7.81. The SMILES string of the molecule is CC(C)[C@H](S)C(=O)NC1(c2nc3ncn(Cc4ccccc4)c(=O)c3[nH]2)CCCC1. The van der Waals surface area contributed by atoms with Crippen LogP contribution in [-0.4, -0.2) is 30.7 Å². The molecule has 7 nitrogen and oxygen atoms in total. The van der Waals surface area contributed by atoms with Gasteiger partial charge in [0.15, 0.2) is 11.2 Å². The topological polar surface area (TPSA) is 92.7 Å². The number of carbonyl (C=O) groups excluding carboxylic acids is 1. The number of benzene rings is 1. The van der Waals surface area contributed by atoms with E-state index in [0.717, 1.165) is 31.2 Å². The van der Waals surface area contributed by atoms with Gasteiger partial charge in [0.1, 0.15) is 12.2 Å². The smallest absolute Gasteiger partial charge is 0.279 e. The Labute approximate surface area is 180 Å². The number of rotatable bonds is 6. The zero-order chi connectivity index (χ0) is 21.3. The summed E-state index contributed by atoms with van der Waals surface area (Å²) in [7, 11) is 0. The second kappa shape index (κ2) is 8.26. The van der Waals surface area contributed by atoms with Crippen molar-refractivity contribution in [3.8, 4) is 0 Å². The number of nitrogens with zero attached hydrogens (tertiary/aromatic N) is 3. The van der Waals surface area contributed by atoms with Gasteiger partial charge in [-0.1, -0.05) is 57.0 Å². The highest BCUT2D eigenvalue weighted by Gasteiger charge is 2.41. The molecule has 0 spiro atoms. The standard InChI is InChI=1S/C22H27N5O2S/c1-14(2)17(30)19(28)26-22(10-6-7-11-22)21-24-16-18(25-21)23-13-27(20(16)29)12-15-8-4-3-5-9-15/h3-5,8-9,13-14,17,30H,6-7,10-12H2,1-2H3,(H,24,25)(H,26,28)/t17-/m0/s1. The molecule has 0 bridgehead atoms. The third kappa shape index (κ3) is 3.88. The lowest BCUT2D eigenvalue weighted by molar-refractivity contribution is -0.123. The van der Waals surface area contributed by atoms with E-state index in [0.29, 0.717) is 23.5 Å². The molecule has 8 heteroatoms. The summed E-state index contributed by atoms with van der Waals surface area (Å²) in [6, 6.07) is 9.78. The molecule has 2 N–H and O–H groups in total. The molecule has 1 saturated carbocycles. The summed E-state index contributed by atoms with van der Waals surface area (Å²) in [5.74, 6) is 0.620. The second-order valence-electron chi connectivity index (χ2n) is 8.41. The molecule has 4 rings (SSSR count). The van der Waals surface area contributed by atoms with Crippen molar-refractivity contribution in [2.45, 2.75) is 56.9 Å². The van der Waals surface area contributed by atoms with Crippen LogP contribution in [0.3, 0.4) is 0 Å². The van der Waals surface area contributed by atoms with Crippen LogP contribution >= 0.6 is 12.6 Å². The van der Waals surface area contributed by atoms with E-state index in [2.05, 4.69) is 32.9 Å². The maximum absolute atomic E-state index is 13.0. The number of amides is 1. The van der Waals surface area contributed by atoms with Crippen LogP contribution in [0.15, 0.2) is 41.5 Å². The first-order chi connectivity index (χ1) is 14.4. The molecule has 1 fully saturated rings. The molecule has 0 saturated heterocycles. The summed E-state index contributed by atoms with van der Waals surface area (Å²) in [4.78, 5) is 38.0. The number of hydrogen-bond donors (Lipinski definition) is 3. The van der Waals surface area contributed by atoms with E-state index in [-0.39, 0.29) is 17.4 Å². The fourth-order valence-electron chi connectivity index (χ4n) is 4.06. The van der Waals surface area contributed by atoms with Gasteiger partial charge in [-0.3, -0.25) is 14.2 Å². The van der Waals surface area contributed by atoms with Crippen molar-refractivity contribution in [1.29, 1.82) is 0 Å². The van der Waals surface area contributed by atoms with Crippen LogP contribution in [-0.2, 0) is 16.9 Å². The highest BCUT2D eigenvalue weighted by atomic mass is 32.1. The minimum Gasteiger partial charge on any atom is -0.342 e. The average Bonchev–Trinajstić information content (AvgIpc) is 3.38. The summed E-state index contributed by atoms with van der Waals surface area (Å²) >= 11 is 4.46. The van der Waals surface area contributed by atoms with Crippen molar-refractivity contribution in [2.24, 2.45) is 5.92 Å². The predicted molar refractivity (Wildman–Crippen MR) is 120 cm³/mol. The van der Waals surface area contributed by atoms with Gasteiger partial charge in [0.2, 0.25) is 5.91 Å². The fourth-order valence-corrected chi connectivity index (χ4v) is 4.12. The van der Waals surface area contributed by atoms with Gasteiger partial charge < -0.3 is 10.3 Å². The molecule has 30 heavy (non-hydrogen) atoms. The first-order valence-corrected chi connectivity index (χ1v) is 10.9. The number of imidazole rings is 1. The van der Waals surface area contributed by atoms with E-state index in [4.69, 9.17) is 0 Å². The molecule has 0 aliphatic heterocycles. The van der Waals surface area contributed by atoms with E-state index in [1.807, 2.05) is 44.2 Å². The Morgan fingerprint density at radius 2 is 1.97 bits per heavy atom. The van der Waals surface area contributed by atoms with E-state index >= 15 is 0 Å². The molecular weight excluding hydrogens is 398 g/mol. The lowest BCUT2D eigenvalue weighted by Crippen LogP contribution is -2.48. The number of carbonyl (C=O) groups is 1. The summed E-state index contributed by atoms with van der Waals surface area (Å²) in [5.41, 5.74) is 0.996. The Hall–Kier alpha value is -2.61. The van der Waals surface area contributed by atoms with Gasteiger partial charge in [-0.05, 0) is 24.3 Å². The van der Waals surface area contributed by atoms with Gasteiger partial charge in [0.05, 0.1) is 17.3 Å². The minimum atomic E-state index is -0.607. The van der Waals surface area contributed by atoms with E-state index in [1.165, 1.54) is 6.33 Å². The summed E-state index contributed by atoms with van der Waals surface area (Å²) in [5, 5.41) is 2.78. The van der Waals surface area contributed by atoms with Crippen molar-refractivity contribution in [2.75, 3.05) is 0 Å². The Kier molecular flexibility index (Phi) is 5.69. The van der Waals surface area contributed by atoms with Crippen molar-refractivity contribution in [3.63, 3.8) is 0 Å². The molecular formula is C22H27N5O2S. The number of thiol groups is 1. The average molecular weight is 426 g/mol. The van der Waals surface area contributed by atoms with Crippen LogP contribution < -0.4 is 10.9 Å². The molecule has 0 unspecified atom stereocenters. The largest absolute Gasteiger partial charge is 0.342 e. The van der Waals surface area contributed by atoms with Gasteiger partial charge in [0.25, 0.3) is 5.56 Å². The van der Waals surface area contributed by atoms with Gasteiger partial charge in [-0.2, -0.15) is 12.6 Å². The Morgan fingerprint density at radius 3 is 2.63 bits per heavy atom. The molecule has 1 amide bonds. The second-order valence-corrected chi connectivity index (χ2v) is 8.97. The van der Waals surface area contributed by atoms with Crippen molar-refractivity contribution in [3.05, 3.63) is 58.4 Å². The van der Waals surface area contributed by atoms with Gasteiger partial charge in [-0.25, -0.2) is 9.97 Å². The van der Waals surface area contributed by atoms with Crippen LogP contribution in [0.1, 0.15) is 50.9 Å². The molecule has 2 aromatic heterocycles. The van der Waals surface area contributed by atoms with Crippen LogP contribution in [0.2, 0.25) is 0 Å². The Morgan fingerprint density at radius 1 is 1.27 bits per heavy atom. The van der Waals surface area contributed by atoms with Crippen LogP contribution in [0.4, 0.5) is 0 Å². The van der Waals surface area contributed by atoms with E-state index < -0.39 is 10.8 Å². The molecule has 1 aliphatic rings. The number of hydrogen-bond acceptors (Lipinski definition) is 5. The number of aromatic nitrogens is 4. The Balaban J connectivity index is 1.68. The maximum Gasteiger partial charge on any atom is 0.279 e. The van der Waals surface area contributed by atoms with Crippen molar-refractivity contribution >= 4 is 29.7 Å². The van der Waals surface area contributed by atoms with E-state index in [1.54, 1.807) is 4.57 Å². The monoisotopic (exact) mass is 425 g/mol. The molecule has 158 valence electrons. The first kappa shape index (κ1) is 20.7.